The zero-order valence-corrected chi connectivity index (χ0v) is 33.4. The lowest BCUT2D eigenvalue weighted by atomic mass is 9.86. The molecule has 1 aromatic heterocycles. The monoisotopic (exact) mass is 793 g/mol. The molecule has 13 nitrogen and oxygen atoms in total. The highest BCUT2D eigenvalue weighted by atomic mass is 32.2. The highest BCUT2D eigenvalue weighted by Gasteiger charge is 2.64. The number of ether oxygens (including phenoxy) is 2. The van der Waals surface area contributed by atoms with Gasteiger partial charge in [-0.1, -0.05) is 37.1 Å². The van der Waals surface area contributed by atoms with Crippen LogP contribution in [0.2, 0.25) is 0 Å². The van der Waals surface area contributed by atoms with E-state index in [2.05, 4.69) is 15.4 Å². The van der Waals surface area contributed by atoms with E-state index < -0.39 is 79.1 Å². The second-order valence-electron chi connectivity index (χ2n) is 18.1. The smallest absolute Gasteiger partial charge is 0.408 e. The Bertz CT molecular complexity index is 2130. The Labute approximate surface area is 326 Å². The topological polar surface area (TPSA) is 173 Å². The van der Waals surface area contributed by atoms with Crippen molar-refractivity contribution in [3.8, 4) is 5.75 Å². The molecule has 3 unspecified atom stereocenters. The van der Waals surface area contributed by atoms with E-state index in [9.17, 15) is 27.6 Å². The summed E-state index contributed by atoms with van der Waals surface area (Å²) >= 11 is 0. The zero-order valence-electron chi connectivity index (χ0n) is 32.5. The zero-order chi connectivity index (χ0) is 39.8. The van der Waals surface area contributed by atoms with Crippen molar-refractivity contribution < 1.29 is 41.5 Å². The minimum absolute atomic E-state index is 0.0103. The summed E-state index contributed by atoms with van der Waals surface area (Å²) in [5.74, 6) is -2.07. The number of aromatic nitrogens is 1. The Morgan fingerprint density at radius 2 is 1.84 bits per heavy atom. The predicted molar refractivity (Wildman–Crippen MR) is 205 cm³/mol. The molecular formula is C41H52FN5O8S. The van der Waals surface area contributed by atoms with Crippen molar-refractivity contribution in [1.29, 1.82) is 0 Å². The molecule has 3 aliphatic heterocycles. The highest BCUT2D eigenvalue weighted by molar-refractivity contribution is 7.91. The Kier molecular flexibility index (Phi) is 9.44. The van der Waals surface area contributed by atoms with Gasteiger partial charge in [0, 0.05) is 29.2 Å². The summed E-state index contributed by atoms with van der Waals surface area (Å²) in [7, 11) is -4.00. The van der Waals surface area contributed by atoms with Crippen LogP contribution in [-0.4, -0.2) is 82.2 Å². The number of alkyl carbamates (subject to hydrolysis) is 1. The number of allylic oxidation sites excluding steroid dienone is 1. The van der Waals surface area contributed by atoms with Gasteiger partial charge in [0.15, 0.2) is 0 Å². The average molecular weight is 794 g/mol. The average Bonchev–Trinajstić information content (AvgIpc) is 4.06. The quantitative estimate of drug-likeness (QED) is 0.344. The van der Waals surface area contributed by atoms with Gasteiger partial charge in [-0.2, -0.15) is 0 Å². The number of pyridine rings is 1. The maximum Gasteiger partial charge on any atom is 0.408 e. The molecule has 15 heteroatoms. The van der Waals surface area contributed by atoms with Crippen molar-refractivity contribution in [2.45, 2.75) is 151 Å². The van der Waals surface area contributed by atoms with Crippen LogP contribution in [0.25, 0.3) is 10.9 Å². The number of hydrogen-bond acceptors (Lipinski definition) is 9. The first kappa shape index (κ1) is 38.6. The molecule has 3 aliphatic carbocycles. The molecule has 0 radical (unpaired) electrons. The second kappa shape index (κ2) is 13.7. The number of sulfonamides is 1. The first-order valence-electron chi connectivity index (χ1n) is 20.1. The van der Waals surface area contributed by atoms with E-state index in [0.29, 0.717) is 67.3 Å². The van der Waals surface area contributed by atoms with Gasteiger partial charge < -0.3 is 25.0 Å². The molecule has 6 aliphatic rings. The molecule has 56 heavy (non-hydrogen) atoms. The number of carbonyl (C=O) groups excluding carboxylic acids is 4. The van der Waals surface area contributed by atoms with E-state index in [-0.39, 0.29) is 25.3 Å². The van der Waals surface area contributed by atoms with Crippen LogP contribution < -0.4 is 20.1 Å². The van der Waals surface area contributed by atoms with Gasteiger partial charge in [-0.25, -0.2) is 22.6 Å². The van der Waals surface area contributed by atoms with Crippen molar-refractivity contribution in [3.05, 3.63) is 47.4 Å². The molecule has 5 atom stereocenters. The molecule has 3 N–H and O–H groups in total. The van der Waals surface area contributed by atoms with Gasteiger partial charge >= 0.3 is 6.09 Å². The fraction of sp³-hybridized carbons (Fsp3) is 0.634. The first-order valence-corrected chi connectivity index (χ1v) is 21.6. The van der Waals surface area contributed by atoms with Gasteiger partial charge in [0.05, 0.1) is 17.0 Å². The summed E-state index contributed by atoms with van der Waals surface area (Å²) in [5, 5.41) is 6.39. The standard InChI is InChI=1S/C41H52FN5O8S/c1-38(2,3)55-37(51)43-29-14-9-7-5-6-8-11-25-21-41(25,36(50)46-56(52,53)39(4)19-20-39)45-34(48)30-22-40(23-47(30)35(29)49)18-17-27-26-12-10-13-28(42)32(26)44-31(24-15-16-24)33(27)54-40/h8,10-13,24-25,29-30H,5-7,9,14-23H2,1-4H3,(H,43,51)(H,45,48)(H,46,50)/b11-8-/t25?,29-,30?,40+,41?/m0/s1. The van der Waals surface area contributed by atoms with Gasteiger partial charge in [0.1, 0.15) is 45.9 Å². The van der Waals surface area contributed by atoms with E-state index in [0.717, 1.165) is 31.2 Å². The number of carbonyl (C=O) groups is 4. The summed E-state index contributed by atoms with van der Waals surface area (Å²) in [4.78, 5) is 62.8. The largest absolute Gasteiger partial charge is 0.483 e. The first-order chi connectivity index (χ1) is 26.4. The fourth-order valence-corrected chi connectivity index (χ4v) is 9.94. The third-order valence-electron chi connectivity index (χ3n) is 12.5. The Morgan fingerprint density at radius 1 is 1.07 bits per heavy atom. The second-order valence-corrected chi connectivity index (χ2v) is 20.3. The maximum absolute atomic E-state index is 15.1. The van der Waals surface area contributed by atoms with E-state index in [4.69, 9.17) is 14.5 Å². The summed E-state index contributed by atoms with van der Waals surface area (Å²) in [6.45, 7) is 6.80. The van der Waals surface area contributed by atoms with Crippen LogP contribution in [0.15, 0.2) is 30.4 Å². The normalized spacial score (nSPS) is 30.7. The lowest BCUT2D eigenvalue weighted by Gasteiger charge is -2.37. The van der Waals surface area contributed by atoms with E-state index in [1.807, 2.05) is 18.2 Å². The third-order valence-corrected chi connectivity index (χ3v) is 14.6. The van der Waals surface area contributed by atoms with Crippen LogP contribution in [0, 0.1) is 11.7 Å². The van der Waals surface area contributed by atoms with Crippen LogP contribution in [0.4, 0.5) is 9.18 Å². The number of hydrogen-bond donors (Lipinski definition) is 3. The summed E-state index contributed by atoms with van der Waals surface area (Å²) < 4.78 is 55.3. The SMILES string of the molecule is CC(C)(C)OC(=O)N[C@H]1CCCCC/C=C\C2CC2(C(=O)NS(=O)(=O)C2(C)CC2)NC(=O)C2C[C@]3(CCc4c(c(C5CC5)nc5c(F)cccc45)O3)CN2C1=O. The van der Waals surface area contributed by atoms with Gasteiger partial charge in [0.25, 0.3) is 5.91 Å². The molecule has 3 saturated carbocycles. The van der Waals surface area contributed by atoms with Crippen LogP contribution in [0.1, 0.15) is 122 Å². The third kappa shape index (κ3) is 7.24. The molecule has 4 fully saturated rings. The highest BCUT2D eigenvalue weighted by Crippen LogP contribution is 2.52. The van der Waals surface area contributed by atoms with Crippen molar-refractivity contribution in [2.75, 3.05) is 6.54 Å². The number of rotatable bonds is 5. The predicted octanol–water partition coefficient (Wildman–Crippen LogP) is 5.20. The molecule has 1 saturated heterocycles. The number of fused-ring (bicyclic) bond motifs is 5. The van der Waals surface area contributed by atoms with Crippen LogP contribution in [0.5, 0.6) is 5.75 Å². The van der Waals surface area contributed by atoms with Crippen molar-refractivity contribution in [1.82, 2.24) is 25.2 Å². The molecule has 4 amide bonds. The molecular weight excluding hydrogens is 742 g/mol. The van der Waals surface area contributed by atoms with E-state index in [1.54, 1.807) is 33.8 Å². The lowest BCUT2D eigenvalue weighted by Crippen LogP contribution is -2.58. The fourth-order valence-electron chi connectivity index (χ4n) is 8.63. The number of para-hydroxylation sites is 1. The minimum atomic E-state index is -4.00. The minimum Gasteiger partial charge on any atom is -0.483 e. The lowest BCUT2D eigenvalue weighted by molar-refractivity contribution is -0.141. The molecule has 1 aromatic carbocycles. The van der Waals surface area contributed by atoms with E-state index in [1.165, 1.54) is 11.0 Å². The number of aryl methyl sites for hydroxylation is 1. The summed E-state index contributed by atoms with van der Waals surface area (Å²) in [6.07, 6.45) is 10.0. The van der Waals surface area contributed by atoms with Gasteiger partial charge in [-0.3, -0.25) is 19.1 Å². The molecule has 1 spiro atoms. The van der Waals surface area contributed by atoms with Crippen LogP contribution >= 0.6 is 0 Å². The van der Waals surface area contributed by atoms with Crippen LogP contribution in [-0.2, 0) is 35.6 Å². The van der Waals surface area contributed by atoms with Gasteiger partial charge in [-0.15, -0.1) is 0 Å². The number of benzene rings is 1. The molecule has 8 rings (SSSR count). The maximum atomic E-state index is 15.1. The molecule has 302 valence electrons. The Hall–Kier alpha value is -4.27. The Balaban J connectivity index is 1.15. The van der Waals surface area contributed by atoms with Crippen LogP contribution in [0.3, 0.4) is 0 Å². The van der Waals surface area contributed by atoms with Crippen molar-refractivity contribution in [2.24, 2.45) is 5.92 Å². The number of halogens is 1. The number of nitrogens with one attached hydrogen (secondary N) is 3. The Morgan fingerprint density at radius 3 is 2.55 bits per heavy atom. The molecule has 4 heterocycles. The van der Waals surface area contributed by atoms with Gasteiger partial charge in [0.2, 0.25) is 21.8 Å². The van der Waals surface area contributed by atoms with Crippen molar-refractivity contribution in [3.63, 3.8) is 0 Å². The van der Waals surface area contributed by atoms with E-state index >= 15 is 4.39 Å². The molecule has 2 aromatic rings. The van der Waals surface area contributed by atoms with Crippen molar-refractivity contribution >= 4 is 44.7 Å². The number of nitrogens with zero attached hydrogens (tertiary/aromatic N) is 2. The number of amides is 4. The van der Waals surface area contributed by atoms with Gasteiger partial charge in [-0.05, 0) is 98.0 Å². The molecule has 0 bridgehead atoms. The summed E-state index contributed by atoms with van der Waals surface area (Å²) in [6, 6.07) is 2.74. The summed E-state index contributed by atoms with van der Waals surface area (Å²) in [5.41, 5.74) is -1.57.